The van der Waals surface area contributed by atoms with Gasteiger partial charge < -0.3 is 15.1 Å². The van der Waals surface area contributed by atoms with Gasteiger partial charge in [0.2, 0.25) is 0 Å². The smallest absolute Gasteiger partial charge is 0.317 e. The summed E-state index contributed by atoms with van der Waals surface area (Å²) >= 11 is 0. The fourth-order valence-electron chi connectivity index (χ4n) is 6.52. The van der Waals surface area contributed by atoms with Crippen molar-refractivity contribution in [1.29, 1.82) is 0 Å². The van der Waals surface area contributed by atoms with E-state index in [9.17, 15) is 14.9 Å². The predicted molar refractivity (Wildman–Crippen MR) is 106 cm³/mol. The normalized spacial score (nSPS) is 33.8. The van der Waals surface area contributed by atoms with Gasteiger partial charge in [0.25, 0.3) is 5.69 Å². The van der Waals surface area contributed by atoms with Gasteiger partial charge in [0.1, 0.15) is 0 Å². The number of nitro groups is 1. The van der Waals surface area contributed by atoms with E-state index in [0.29, 0.717) is 13.1 Å². The number of benzene rings is 1. The molecule has 1 aromatic rings. The van der Waals surface area contributed by atoms with Crippen LogP contribution in [0.15, 0.2) is 24.3 Å². The van der Waals surface area contributed by atoms with Gasteiger partial charge in [-0.3, -0.25) is 10.1 Å². The number of carbonyl (C=O) groups is 1. The first-order chi connectivity index (χ1) is 13.5. The molecule has 0 aromatic heterocycles. The van der Waals surface area contributed by atoms with Crippen LogP contribution in [0.2, 0.25) is 0 Å². The summed E-state index contributed by atoms with van der Waals surface area (Å²) < 4.78 is 0. The van der Waals surface area contributed by atoms with Crippen LogP contribution in [0.25, 0.3) is 0 Å². The van der Waals surface area contributed by atoms with E-state index in [4.69, 9.17) is 0 Å². The Balaban J connectivity index is 1.18. The quantitative estimate of drug-likeness (QED) is 0.640. The molecule has 4 aliphatic carbocycles. The zero-order valence-electron chi connectivity index (χ0n) is 16.2. The number of hydrogen-bond donors (Lipinski definition) is 1. The highest BCUT2D eigenvalue weighted by atomic mass is 16.6. The van der Waals surface area contributed by atoms with Crippen LogP contribution in [0.4, 0.5) is 16.2 Å². The zero-order chi connectivity index (χ0) is 19.3. The molecule has 1 aliphatic heterocycles. The van der Waals surface area contributed by atoms with Gasteiger partial charge in [0.15, 0.2) is 0 Å². The molecule has 0 atom stereocenters. The Labute approximate surface area is 165 Å². The number of nitro benzene ring substituents is 1. The first-order valence-corrected chi connectivity index (χ1v) is 10.6. The second-order valence-electron chi connectivity index (χ2n) is 9.38. The molecular weight excluding hydrogens is 356 g/mol. The van der Waals surface area contributed by atoms with Crippen molar-refractivity contribution < 1.29 is 9.72 Å². The van der Waals surface area contributed by atoms with E-state index in [1.54, 1.807) is 24.3 Å². The van der Waals surface area contributed by atoms with Crippen molar-refractivity contribution in [2.24, 2.45) is 17.8 Å². The van der Waals surface area contributed by atoms with E-state index in [1.165, 1.54) is 38.5 Å². The molecule has 7 heteroatoms. The maximum Gasteiger partial charge on any atom is 0.317 e. The van der Waals surface area contributed by atoms with E-state index in [2.05, 4.69) is 10.2 Å². The minimum absolute atomic E-state index is 0.0569. The Kier molecular flexibility index (Phi) is 4.21. The van der Waals surface area contributed by atoms with Gasteiger partial charge in [-0.15, -0.1) is 0 Å². The minimum Gasteiger partial charge on any atom is -0.368 e. The summed E-state index contributed by atoms with van der Waals surface area (Å²) in [6, 6.07) is 6.78. The molecule has 1 N–H and O–H groups in total. The first kappa shape index (κ1) is 17.8. The number of amides is 2. The van der Waals surface area contributed by atoms with E-state index < -0.39 is 0 Å². The third-order valence-corrected chi connectivity index (χ3v) is 7.40. The molecule has 0 spiro atoms. The van der Waals surface area contributed by atoms with Gasteiger partial charge >= 0.3 is 6.03 Å². The van der Waals surface area contributed by atoms with E-state index in [0.717, 1.165) is 36.5 Å². The Hall–Kier alpha value is -2.31. The fourth-order valence-corrected chi connectivity index (χ4v) is 6.52. The van der Waals surface area contributed by atoms with Crippen molar-refractivity contribution in [3.63, 3.8) is 0 Å². The molecule has 150 valence electrons. The maximum atomic E-state index is 13.0. The predicted octanol–water partition coefficient (Wildman–Crippen LogP) is 3.40. The molecule has 5 aliphatic rings. The fraction of sp³-hybridized carbons (Fsp3) is 0.667. The Morgan fingerprint density at radius 3 is 2.00 bits per heavy atom. The van der Waals surface area contributed by atoms with E-state index in [1.807, 2.05) is 4.90 Å². The average molecular weight is 384 g/mol. The maximum absolute atomic E-state index is 13.0. The monoisotopic (exact) mass is 384 g/mol. The van der Waals surface area contributed by atoms with Crippen LogP contribution >= 0.6 is 0 Å². The summed E-state index contributed by atoms with van der Waals surface area (Å²) in [5.41, 5.74) is 1.14. The molecular formula is C21H28N4O3. The van der Waals surface area contributed by atoms with Gasteiger partial charge in [-0.25, -0.2) is 4.79 Å². The van der Waals surface area contributed by atoms with Crippen molar-refractivity contribution >= 4 is 17.4 Å². The molecule has 0 radical (unpaired) electrons. The highest BCUT2D eigenvalue weighted by Crippen LogP contribution is 2.55. The third-order valence-electron chi connectivity index (χ3n) is 7.40. The molecule has 1 saturated heterocycles. The molecule has 4 bridgehead atoms. The summed E-state index contributed by atoms with van der Waals surface area (Å²) in [5, 5.41) is 14.3. The highest BCUT2D eigenvalue weighted by Gasteiger charge is 2.51. The summed E-state index contributed by atoms with van der Waals surface area (Å²) in [6.45, 7) is 2.89. The summed E-state index contributed by atoms with van der Waals surface area (Å²) in [6.07, 6.45) is 7.66. The number of carbonyl (C=O) groups excluding carboxylic acids is 1. The Morgan fingerprint density at radius 1 is 0.964 bits per heavy atom. The standard InChI is InChI=1S/C21H28N4O3/c26-20(22-21-12-15-9-16(13-21)11-17(10-15)14-21)24-7-5-23(6-8-24)18-1-3-19(4-2-18)25(27)28/h1-4,15-17H,5-14H2,(H,22,26). The zero-order valence-corrected chi connectivity index (χ0v) is 16.2. The van der Waals surface area contributed by atoms with Crippen molar-refractivity contribution in [2.45, 2.75) is 44.1 Å². The average Bonchev–Trinajstić information content (AvgIpc) is 2.67. The summed E-state index contributed by atoms with van der Waals surface area (Å²) in [7, 11) is 0. The van der Waals surface area contributed by atoms with Crippen LogP contribution in [-0.2, 0) is 0 Å². The van der Waals surface area contributed by atoms with Crippen LogP contribution in [0.5, 0.6) is 0 Å². The van der Waals surface area contributed by atoms with Crippen LogP contribution in [0.3, 0.4) is 0 Å². The van der Waals surface area contributed by atoms with Crippen molar-refractivity contribution in [2.75, 3.05) is 31.1 Å². The molecule has 4 saturated carbocycles. The van der Waals surface area contributed by atoms with Crippen LogP contribution in [-0.4, -0.2) is 47.6 Å². The second-order valence-corrected chi connectivity index (χ2v) is 9.38. The molecule has 28 heavy (non-hydrogen) atoms. The highest BCUT2D eigenvalue weighted by molar-refractivity contribution is 5.75. The number of anilines is 1. The number of urea groups is 1. The number of non-ortho nitro benzene ring substituents is 1. The van der Waals surface area contributed by atoms with Crippen molar-refractivity contribution in [3.8, 4) is 0 Å². The van der Waals surface area contributed by atoms with Gasteiger partial charge in [-0.1, -0.05) is 0 Å². The van der Waals surface area contributed by atoms with Gasteiger partial charge in [-0.05, 0) is 68.4 Å². The SMILES string of the molecule is O=C(NC12CC3CC(CC(C3)C1)C2)N1CCN(c2ccc([N+](=O)[O-])cc2)CC1. The lowest BCUT2D eigenvalue weighted by atomic mass is 9.53. The van der Waals surface area contributed by atoms with Gasteiger partial charge in [0, 0.05) is 49.5 Å². The van der Waals surface area contributed by atoms with Gasteiger partial charge in [-0.2, -0.15) is 0 Å². The molecule has 7 nitrogen and oxygen atoms in total. The topological polar surface area (TPSA) is 78.7 Å². The minimum atomic E-state index is -0.378. The molecule has 6 rings (SSSR count). The van der Waals surface area contributed by atoms with Crippen LogP contribution < -0.4 is 10.2 Å². The summed E-state index contributed by atoms with van der Waals surface area (Å²) in [4.78, 5) is 27.5. The number of nitrogens with zero attached hydrogens (tertiary/aromatic N) is 3. The number of piperazine rings is 1. The lowest BCUT2D eigenvalue weighted by Crippen LogP contribution is -2.63. The number of nitrogens with one attached hydrogen (secondary N) is 1. The number of rotatable bonds is 3. The van der Waals surface area contributed by atoms with Crippen LogP contribution in [0.1, 0.15) is 38.5 Å². The lowest BCUT2D eigenvalue weighted by molar-refractivity contribution is -0.384. The first-order valence-electron chi connectivity index (χ1n) is 10.6. The Morgan fingerprint density at radius 2 is 1.50 bits per heavy atom. The Bertz CT molecular complexity index is 735. The number of hydrogen-bond acceptors (Lipinski definition) is 4. The van der Waals surface area contributed by atoms with Crippen LogP contribution in [0, 0.1) is 27.9 Å². The van der Waals surface area contributed by atoms with Crippen molar-refractivity contribution in [1.82, 2.24) is 10.2 Å². The van der Waals surface area contributed by atoms with Crippen molar-refractivity contribution in [3.05, 3.63) is 34.4 Å². The summed E-state index contributed by atoms with van der Waals surface area (Å²) in [5.74, 6) is 2.47. The molecule has 1 heterocycles. The van der Waals surface area contributed by atoms with E-state index >= 15 is 0 Å². The van der Waals surface area contributed by atoms with Gasteiger partial charge in [0.05, 0.1) is 4.92 Å². The van der Waals surface area contributed by atoms with E-state index in [-0.39, 0.29) is 22.2 Å². The molecule has 0 unspecified atom stereocenters. The largest absolute Gasteiger partial charge is 0.368 e. The molecule has 1 aromatic carbocycles. The lowest BCUT2D eigenvalue weighted by Gasteiger charge is -2.57. The molecule has 2 amide bonds. The second kappa shape index (κ2) is 6.64. The third kappa shape index (κ3) is 3.20. The molecule has 5 fully saturated rings.